The molecule has 8 nitrogen and oxygen atoms in total. The maximum atomic E-state index is 12.4. The Bertz CT molecular complexity index is 1350. The summed E-state index contributed by atoms with van der Waals surface area (Å²) < 4.78 is 12.4. The number of pyridine rings is 1. The topological polar surface area (TPSA) is 94.1 Å². The van der Waals surface area contributed by atoms with Crippen molar-refractivity contribution in [2.24, 2.45) is 7.05 Å². The molecule has 0 atom stereocenters. The van der Waals surface area contributed by atoms with E-state index >= 15 is 0 Å². The molecule has 0 aliphatic carbocycles. The highest BCUT2D eigenvalue weighted by atomic mass is 16.5. The number of benzene rings is 1. The lowest BCUT2D eigenvalue weighted by Gasteiger charge is -2.09. The minimum absolute atomic E-state index is 0.192. The van der Waals surface area contributed by atoms with E-state index in [1.54, 1.807) is 20.3 Å². The molecule has 0 saturated carbocycles. The van der Waals surface area contributed by atoms with Gasteiger partial charge in [0.15, 0.2) is 11.5 Å². The van der Waals surface area contributed by atoms with Crippen LogP contribution in [0.3, 0.4) is 0 Å². The number of H-pyrrole nitrogens is 1. The van der Waals surface area contributed by atoms with Crippen LogP contribution in [0.4, 0.5) is 0 Å². The number of aryl methyl sites for hydroxylation is 2. The van der Waals surface area contributed by atoms with E-state index in [1.807, 2.05) is 56.2 Å². The van der Waals surface area contributed by atoms with Gasteiger partial charge in [-0.05, 0) is 43.7 Å². The van der Waals surface area contributed by atoms with Crippen LogP contribution in [0.2, 0.25) is 0 Å². The second-order valence-corrected chi connectivity index (χ2v) is 7.77. The van der Waals surface area contributed by atoms with Crippen molar-refractivity contribution in [1.29, 1.82) is 0 Å². The molecule has 170 valence electrons. The van der Waals surface area contributed by atoms with Gasteiger partial charge in [0.2, 0.25) is 5.91 Å². The second kappa shape index (κ2) is 9.20. The van der Waals surface area contributed by atoms with E-state index in [9.17, 15) is 4.79 Å². The quantitative estimate of drug-likeness (QED) is 0.421. The number of ether oxygens (including phenoxy) is 2. The van der Waals surface area contributed by atoms with Crippen LogP contribution in [-0.4, -0.2) is 39.9 Å². The maximum absolute atomic E-state index is 12.4. The number of aromatic nitrogens is 4. The highest BCUT2D eigenvalue weighted by Crippen LogP contribution is 2.30. The lowest BCUT2D eigenvalue weighted by atomic mass is 10.0. The fourth-order valence-corrected chi connectivity index (χ4v) is 3.89. The lowest BCUT2D eigenvalue weighted by molar-refractivity contribution is -0.116. The summed E-state index contributed by atoms with van der Waals surface area (Å²) in [7, 11) is 5.11. The predicted octanol–water partition coefficient (Wildman–Crippen LogP) is 3.93. The van der Waals surface area contributed by atoms with Crippen LogP contribution in [0.25, 0.3) is 28.2 Å². The molecule has 0 aliphatic rings. The monoisotopic (exact) mass is 445 g/mol. The van der Waals surface area contributed by atoms with Crippen molar-refractivity contribution in [1.82, 2.24) is 25.1 Å². The van der Waals surface area contributed by atoms with E-state index < -0.39 is 0 Å². The molecule has 33 heavy (non-hydrogen) atoms. The minimum Gasteiger partial charge on any atom is -0.493 e. The predicted molar refractivity (Wildman–Crippen MR) is 128 cm³/mol. The Hall–Kier alpha value is -4.07. The van der Waals surface area contributed by atoms with Crippen LogP contribution >= 0.6 is 0 Å². The first-order chi connectivity index (χ1) is 15.9. The molecule has 8 heteroatoms. The van der Waals surface area contributed by atoms with Crippen molar-refractivity contribution in [3.63, 3.8) is 0 Å². The average molecular weight is 446 g/mol. The first-order valence-electron chi connectivity index (χ1n) is 10.6. The van der Waals surface area contributed by atoms with Gasteiger partial charge in [0.25, 0.3) is 0 Å². The van der Waals surface area contributed by atoms with Gasteiger partial charge in [-0.2, -0.15) is 5.10 Å². The molecule has 0 bridgehead atoms. The minimum atomic E-state index is -0.192. The molecule has 1 aromatic carbocycles. The molecule has 0 spiro atoms. The van der Waals surface area contributed by atoms with Gasteiger partial charge in [-0.15, -0.1) is 0 Å². The van der Waals surface area contributed by atoms with Gasteiger partial charge in [-0.3, -0.25) is 9.48 Å². The molecular formula is C25H27N5O3. The number of methoxy groups -OCH3 is 2. The Morgan fingerprint density at radius 3 is 2.67 bits per heavy atom. The average Bonchev–Trinajstić information content (AvgIpc) is 3.34. The number of aromatic amines is 1. The first-order valence-corrected chi connectivity index (χ1v) is 10.6. The fourth-order valence-electron chi connectivity index (χ4n) is 3.89. The zero-order valence-electron chi connectivity index (χ0n) is 19.4. The SMILES string of the molecule is COc1ccc(CNC(=O)/C=C/c2c[nH]c3ncc(-c4c(C)nn(C)c4C)cc23)cc1OC. The summed E-state index contributed by atoms with van der Waals surface area (Å²) in [6, 6.07) is 7.63. The van der Waals surface area contributed by atoms with Crippen LogP contribution in [0.5, 0.6) is 11.5 Å². The molecule has 0 saturated heterocycles. The number of fused-ring (bicyclic) bond motifs is 1. The summed E-state index contributed by atoms with van der Waals surface area (Å²) in [5, 5.41) is 8.34. The number of carbonyl (C=O) groups excluding carboxylic acids is 1. The number of carbonyl (C=O) groups is 1. The third-order valence-corrected chi connectivity index (χ3v) is 5.69. The van der Waals surface area contributed by atoms with Crippen molar-refractivity contribution in [2.45, 2.75) is 20.4 Å². The van der Waals surface area contributed by atoms with Gasteiger partial charge in [-0.25, -0.2) is 4.98 Å². The van der Waals surface area contributed by atoms with Crippen LogP contribution in [0.15, 0.2) is 42.7 Å². The molecule has 4 aromatic rings. The zero-order valence-corrected chi connectivity index (χ0v) is 19.4. The Kier molecular flexibility index (Phi) is 6.17. The lowest BCUT2D eigenvalue weighted by Crippen LogP contribution is -2.20. The summed E-state index contributed by atoms with van der Waals surface area (Å²) in [6.45, 7) is 4.41. The molecule has 0 radical (unpaired) electrons. The third-order valence-electron chi connectivity index (χ3n) is 5.69. The summed E-state index contributed by atoms with van der Waals surface area (Å²) in [6.07, 6.45) is 7.01. The van der Waals surface area contributed by atoms with E-state index in [-0.39, 0.29) is 5.91 Å². The van der Waals surface area contributed by atoms with E-state index in [2.05, 4.69) is 26.4 Å². The number of hydrogen-bond donors (Lipinski definition) is 2. The Labute approximate surface area is 192 Å². The fraction of sp³-hybridized carbons (Fsp3) is 0.240. The highest BCUT2D eigenvalue weighted by Gasteiger charge is 2.14. The van der Waals surface area contributed by atoms with Gasteiger partial charge in [0, 0.05) is 59.8 Å². The van der Waals surface area contributed by atoms with Crippen LogP contribution < -0.4 is 14.8 Å². The smallest absolute Gasteiger partial charge is 0.244 e. The highest BCUT2D eigenvalue weighted by molar-refractivity contribution is 5.96. The largest absolute Gasteiger partial charge is 0.493 e. The van der Waals surface area contributed by atoms with Crippen molar-refractivity contribution in [2.75, 3.05) is 14.2 Å². The number of rotatable bonds is 7. The van der Waals surface area contributed by atoms with Gasteiger partial charge < -0.3 is 19.8 Å². The number of amides is 1. The molecule has 0 unspecified atom stereocenters. The Balaban J connectivity index is 1.50. The summed E-state index contributed by atoms with van der Waals surface area (Å²) in [5.74, 6) is 1.08. The van der Waals surface area contributed by atoms with Crippen LogP contribution in [-0.2, 0) is 18.4 Å². The van der Waals surface area contributed by atoms with Gasteiger partial charge in [0.1, 0.15) is 5.65 Å². The maximum Gasteiger partial charge on any atom is 0.244 e. The van der Waals surface area contributed by atoms with Crippen molar-refractivity contribution >= 4 is 23.0 Å². The number of nitrogens with one attached hydrogen (secondary N) is 2. The van der Waals surface area contributed by atoms with Gasteiger partial charge in [0.05, 0.1) is 19.9 Å². The van der Waals surface area contributed by atoms with Gasteiger partial charge in [-0.1, -0.05) is 6.07 Å². The third kappa shape index (κ3) is 4.45. The zero-order chi connectivity index (χ0) is 23.5. The molecular weight excluding hydrogens is 418 g/mol. The van der Waals surface area contributed by atoms with Crippen molar-refractivity contribution in [3.8, 4) is 22.6 Å². The summed E-state index contributed by atoms with van der Waals surface area (Å²) >= 11 is 0. The van der Waals surface area contributed by atoms with E-state index in [1.165, 1.54) is 6.08 Å². The molecule has 0 aliphatic heterocycles. The molecule has 3 aromatic heterocycles. The normalized spacial score (nSPS) is 11.3. The number of hydrogen-bond acceptors (Lipinski definition) is 5. The Morgan fingerprint density at radius 2 is 1.97 bits per heavy atom. The Morgan fingerprint density at radius 1 is 1.18 bits per heavy atom. The molecule has 2 N–H and O–H groups in total. The molecule has 3 heterocycles. The summed E-state index contributed by atoms with van der Waals surface area (Å²) in [5.41, 5.74) is 6.68. The van der Waals surface area contributed by atoms with Crippen molar-refractivity contribution < 1.29 is 14.3 Å². The van der Waals surface area contributed by atoms with E-state index in [0.29, 0.717) is 18.0 Å². The molecule has 0 fully saturated rings. The second-order valence-electron chi connectivity index (χ2n) is 7.77. The van der Waals surface area contributed by atoms with Gasteiger partial charge >= 0.3 is 0 Å². The standard InChI is InChI=1S/C25H27N5O3/c1-15-24(16(2)30(3)29-15)19-11-20-18(13-27-25(20)28-14-19)7-9-23(31)26-12-17-6-8-21(32-4)22(10-17)33-5/h6-11,13-14H,12H2,1-5H3,(H,26,31)(H,27,28)/b9-7+. The summed E-state index contributed by atoms with van der Waals surface area (Å²) in [4.78, 5) is 20.1. The molecule has 4 rings (SSSR count). The van der Waals surface area contributed by atoms with E-state index in [4.69, 9.17) is 9.47 Å². The number of nitrogens with zero attached hydrogens (tertiary/aromatic N) is 3. The van der Waals surface area contributed by atoms with Crippen LogP contribution in [0.1, 0.15) is 22.5 Å². The van der Waals surface area contributed by atoms with Crippen LogP contribution in [0, 0.1) is 13.8 Å². The van der Waals surface area contributed by atoms with E-state index in [0.717, 1.165) is 44.7 Å². The molecule has 1 amide bonds. The first kappa shape index (κ1) is 22.1. The van der Waals surface area contributed by atoms with Crippen molar-refractivity contribution in [3.05, 3.63) is 65.2 Å².